The quantitative estimate of drug-likeness (QED) is 0.197. The first-order chi connectivity index (χ1) is 21.0. The Hall–Kier alpha value is -3.84. The van der Waals surface area contributed by atoms with Gasteiger partial charge in [0.2, 0.25) is 0 Å². The molecule has 0 unspecified atom stereocenters. The number of halogens is 5. The van der Waals surface area contributed by atoms with E-state index in [0.717, 1.165) is 48.3 Å². The number of hydrogen-bond acceptors (Lipinski definition) is 6. The minimum absolute atomic E-state index is 0.0163. The minimum atomic E-state index is -4.67. The first-order valence-corrected chi connectivity index (χ1v) is 15.0. The highest BCUT2D eigenvalue weighted by atomic mass is 35.5. The highest BCUT2D eigenvalue weighted by Crippen LogP contribution is 2.35. The molecular formula is C31H28ClF4N5O2S. The Morgan fingerprint density at radius 1 is 0.955 bits per heavy atom. The molecule has 7 nitrogen and oxygen atoms in total. The zero-order chi connectivity index (χ0) is 31.4. The number of amides is 2. The topological polar surface area (TPSA) is 77.6 Å². The molecule has 0 aliphatic carbocycles. The number of pyridine rings is 1. The molecule has 4 aromatic rings. The summed E-state index contributed by atoms with van der Waals surface area (Å²) in [4.78, 5) is 35.2. The number of nitrogens with zero attached hydrogens (tertiary/aromatic N) is 3. The summed E-state index contributed by atoms with van der Waals surface area (Å²) in [5, 5.41) is 6.36. The van der Waals surface area contributed by atoms with Crippen molar-refractivity contribution in [2.24, 2.45) is 0 Å². The summed E-state index contributed by atoms with van der Waals surface area (Å²) in [5.41, 5.74) is -0.554. The van der Waals surface area contributed by atoms with Gasteiger partial charge in [-0.05, 0) is 53.9 Å². The van der Waals surface area contributed by atoms with Crippen molar-refractivity contribution in [3.63, 3.8) is 0 Å². The molecule has 13 heteroatoms. The monoisotopic (exact) mass is 645 g/mol. The van der Waals surface area contributed by atoms with Crippen LogP contribution in [0.15, 0.2) is 66.3 Å². The lowest BCUT2D eigenvalue weighted by molar-refractivity contribution is -0.138. The van der Waals surface area contributed by atoms with E-state index < -0.39 is 40.0 Å². The average molecular weight is 646 g/mol. The van der Waals surface area contributed by atoms with E-state index >= 15 is 0 Å². The Bertz CT molecular complexity index is 1660. The van der Waals surface area contributed by atoms with Crippen molar-refractivity contribution < 1.29 is 27.2 Å². The van der Waals surface area contributed by atoms with Gasteiger partial charge in [0.05, 0.1) is 21.7 Å². The summed E-state index contributed by atoms with van der Waals surface area (Å²) in [6, 6.07) is 11.1. The number of hydrogen-bond donors (Lipinski definition) is 2. The van der Waals surface area contributed by atoms with E-state index in [2.05, 4.69) is 20.5 Å². The number of nitrogens with one attached hydrogen (secondary N) is 2. The number of carbonyl (C=O) groups is 2. The van der Waals surface area contributed by atoms with Crippen LogP contribution in [0.4, 0.5) is 28.9 Å². The fourth-order valence-electron chi connectivity index (χ4n) is 4.93. The molecule has 2 amide bonds. The predicted octanol–water partition coefficient (Wildman–Crippen LogP) is 7.26. The standard InChI is InChI=1S/C31H28ClF4N5O2S/c1-2-40-7-9-41(10-8-40)18-19-5-6-22(14-25(19)31(34,35)36)38-30(43)24-13-23(15-26(32)28(24)33)39-29(42)21-12-20(16-37-17-21)27-4-3-11-44-27/h3-6,11-17H,2,7-10,18H2,1H3,(H,38,43)(H,39,42). The SMILES string of the molecule is CCN1CCN(Cc2ccc(NC(=O)c3cc(NC(=O)c4cncc(-c5cccs5)c4)cc(Cl)c3F)cc2C(F)(F)F)CC1. The largest absolute Gasteiger partial charge is 0.416 e. The van der Waals surface area contributed by atoms with Crippen LogP contribution in [0.3, 0.4) is 0 Å². The maximum atomic E-state index is 14.9. The van der Waals surface area contributed by atoms with Gasteiger partial charge in [0.25, 0.3) is 11.8 Å². The number of carbonyl (C=O) groups excluding carboxylic acids is 2. The Labute approximate surface area is 260 Å². The van der Waals surface area contributed by atoms with E-state index in [1.54, 1.807) is 12.3 Å². The van der Waals surface area contributed by atoms with Gasteiger partial charge in [-0.25, -0.2) is 4.39 Å². The smallest absolute Gasteiger partial charge is 0.322 e. The molecule has 0 radical (unpaired) electrons. The van der Waals surface area contributed by atoms with Crippen LogP contribution < -0.4 is 10.6 Å². The summed E-state index contributed by atoms with van der Waals surface area (Å²) in [7, 11) is 0. The number of likely N-dealkylation sites (N-methyl/N-ethyl adjacent to an activating group) is 1. The average Bonchev–Trinajstić information content (AvgIpc) is 3.55. The minimum Gasteiger partial charge on any atom is -0.322 e. The van der Waals surface area contributed by atoms with Crippen LogP contribution in [0, 0.1) is 5.82 Å². The molecule has 2 N–H and O–H groups in total. The summed E-state index contributed by atoms with van der Waals surface area (Å²) >= 11 is 7.51. The first kappa shape index (κ1) is 31.6. The number of aromatic nitrogens is 1. The molecule has 44 heavy (non-hydrogen) atoms. The van der Waals surface area contributed by atoms with Gasteiger partial charge in [-0.1, -0.05) is 30.7 Å². The number of anilines is 2. The molecule has 3 heterocycles. The number of alkyl halides is 3. The van der Waals surface area contributed by atoms with Crippen LogP contribution in [-0.4, -0.2) is 59.3 Å². The highest BCUT2D eigenvalue weighted by molar-refractivity contribution is 7.13. The lowest BCUT2D eigenvalue weighted by atomic mass is 10.0. The van der Waals surface area contributed by atoms with Crippen molar-refractivity contribution >= 4 is 46.1 Å². The van der Waals surface area contributed by atoms with E-state index in [-0.39, 0.29) is 29.0 Å². The van der Waals surface area contributed by atoms with Crippen LogP contribution in [-0.2, 0) is 12.7 Å². The summed E-state index contributed by atoms with van der Waals surface area (Å²) in [6.07, 6.45) is -1.70. The van der Waals surface area contributed by atoms with Gasteiger partial charge in [-0.3, -0.25) is 19.5 Å². The summed E-state index contributed by atoms with van der Waals surface area (Å²) in [5.74, 6) is -2.69. The normalized spacial score (nSPS) is 14.4. The van der Waals surface area contributed by atoms with Crippen molar-refractivity contribution in [2.75, 3.05) is 43.4 Å². The van der Waals surface area contributed by atoms with Gasteiger partial charge < -0.3 is 15.5 Å². The van der Waals surface area contributed by atoms with E-state index in [1.807, 2.05) is 29.3 Å². The van der Waals surface area contributed by atoms with Gasteiger partial charge >= 0.3 is 6.18 Å². The first-order valence-electron chi connectivity index (χ1n) is 13.8. The fourth-order valence-corrected chi connectivity index (χ4v) is 5.86. The second kappa shape index (κ2) is 13.4. The molecule has 1 fully saturated rings. The Morgan fingerprint density at radius 3 is 2.36 bits per heavy atom. The van der Waals surface area contributed by atoms with Crippen molar-refractivity contribution in [1.29, 1.82) is 0 Å². The van der Waals surface area contributed by atoms with Gasteiger partial charge in [-0.15, -0.1) is 11.3 Å². The Morgan fingerprint density at radius 2 is 1.68 bits per heavy atom. The Kier molecular flexibility index (Phi) is 9.64. The fraction of sp³-hybridized carbons (Fsp3) is 0.258. The van der Waals surface area contributed by atoms with Crippen LogP contribution in [0.2, 0.25) is 5.02 Å². The second-order valence-corrected chi connectivity index (χ2v) is 11.6. The molecule has 0 bridgehead atoms. The van der Waals surface area contributed by atoms with Gasteiger partial charge in [0, 0.05) is 66.9 Å². The molecule has 1 saturated heterocycles. The van der Waals surface area contributed by atoms with E-state index in [4.69, 9.17) is 11.6 Å². The lowest BCUT2D eigenvalue weighted by Crippen LogP contribution is -2.45. The molecule has 0 spiro atoms. The van der Waals surface area contributed by atoms with Crippen LogP contribution in [0.1, 0.15) is 38.8 Å². The second-order valence-electron chi connectivity index (χ2n) is 10.2. The van der Waals surface area contributed by atoms with Crippen LogP contribution in [0.25, 0.3) is 10.4 Å². The lowest BCUT2D eigenvalue weighted by Gasteiger charge is -2.34. The molecule has 1 aliphatic rings. The van der Waals surface area contributed by atoms with Gasteiger partial charge in [0.1, 0.15) is 0 Å². The van der Waals surface area contributed by atoms with Crippen molar-refractivity contribution in [1.82, 2.24) is 14.8 Å². The molecule has 0 atom stereocenters. The van der Waals surface area contributed by atoms with E-state index in [0.29, 0.717) is 13.1 Å². The van der Waals surface area contributed by atoms with E-state index in [9.17, 15) is 27.2 Å². The zero-order valence-corrected chi connectivity index (χ0v) is 25.1. The molecule has 0 saturated carbocycles. The van der Waals surface area contributed by atoms with Crippen molar-refractivity contribution in [3.05, 3.63) is 99.4 Å². The van der Waals surface area contributed by atoms with Crippen LogP contribution in [0.5, 0.6) is 0 Å². The molecule has 1 aliphatic heterocycles. The predicted molar refractivity (Wildman–Crippen MR) is 164 cm³/mol. The van der Waals surface area contributed by atoms with Gasteiger partial charge in [0.15, 0.2) is 5.82 Å². The molecule has 2 aromatic heterocycles. The highest BCUT2D eigenvalue weighted by Gasteiger charge is 2.34. The third kappa shape index (κ3) is 7.44. The van der Waals surface area contributed by atoms with Crippen molar-refractivity contribution in [2.45, 2.75) is 19.6 Å². The van der Waals surface area contributed by atoms with E-state index in [1.165, 1.54) is 29.7 Å². The third-order valence-electron chi connectivity index (χ3n) is 7.32. The maximum Gasteiger partial charge on any atom is 0.416 e. The molecule has 2 aromatic carbocycles. The third-order valence-corrected chi connectivity index (χ3v) is 8.51. The number of piperazine rings is 1. The Balaban J connectivity index is 1.33. The number of rotatable bonds is 8. The molecule has 5 rings (SSSR count). The van der Waals surface area contributed by atoms with Crippen LogP contribution >= 0.6 is 22.9 Å². The molecular weight excluding hydrogens is 618 g/mol. The summed E-state index contributed by atoms with van der Waals surface area (Å²) in [6.45, 7) is 5.88. The van der Waals surface area contributed by atoms with Gasteiger partial charge in [-0.2, -0.15) is 13.2 Å². The number of benzene rings is 2. The molecule has 230 valence electrons. The van der Waals surface area contributed by atoms with Crippen molar-refractivity contribution in [3.8, 4) is 10.4 Å². The maximum absolute atomic E-state index is 14.9. The summed E-state index contributed by atoms with van der Waals surface area (Å²) < 4.78 is 57.1. The zero-order valence-electron chi connectivity index (χ0n) is 23.5. The number of thiophene rings is 1.